The van der Waals surface area contributed by atoms with Gasteiger partial charge in [0.05, 0.1) is 12.8 Å². The smallest absolute Gasteiger partial charge is 0.266 e. The first-order chi connectivity index (χ1) is 8.06. The minimum Gasteiger partial charge on any atom is -0.306 e. The molecule has 88 valence electrons. The number of carbonyl (C=O) groups excluding carboxylic acids is 1. The molecule has 2 aromatic rings. The lowest BCUT2D eigenvalue weighted by atomic mass is 10.4. The quantitative estimate of drug-likeness (QED) is 0.634. The molecule has 2 heterocycles. The second kappa shape index (κ2) is 5.28. The number of thiophene rings is 1. The highest BCUT2D eigenvalue weighted by Crippen LogP contribution is 2.28. The number of nitrogens with one attached hydrogen (secondary N) is 1. The van der Waals surface area contributed by atoms with E-state index in [-0.39, 0.29) is 11.7 Å². The van der Waals surface area contributed by atoms with Crippen molar-refractivity contribution in [1.82, 2.24) is 4.98 Å². The lowest BCUT2D eigenvalue weighted by Crippen LogP contribution is -2.11. The van der Waals surface area contributed by atoms with Crippen LogP contribution in [0, 0.1) is 8.83 Å². The van der Waals surface area contributed by atoms with Crippen molar-refractivity contribution in [1.29, 1.82) is 0 Å². The van der Waals surface area contributed by atoms with Crippen LogP contribution in [-0.2, 0) is 0 Å². The maximum atomic E-state index is 12.8. The molecule has 0 atom stereocenters. The van der Waals surface area contributed by atoms with Crippen LogP contribution >= 0.6 is 45.5 Å². The van der Waals surface area contributed by atoms with Gasteiger partial charge in [0.15, 0.2) is 0 Å². The molecule has 1 N–H and O–H groups in total. The highest BCUT2D eigenvalue weighted by molar-refractivity contribution is 14.1. The molecule has 0 radical (unpaired) electrons. The van der Waals surface area contributed by atoms with Gasteiger partial charge >= 0.3 is 0 Å². The minimum absolute atomic E-state index is 0.175. The number of anilines is 1. The molecule has 0 unspecified atom stereocenters. The molecule has 0 aromatic carbocycles. The second-order valence-corrected chi connectivity index (χ2v) is 6.30. The topological polar surface area (TPSA) is 42.0 Å². The van der Waals surface area contributed by atoms with Crippen LogP contribution in [0.4, 0.5) is 10.2 Å². The van der Waals surface area contributed by atoms with Gasteiger partial charge in [-0.05, 0) is 40.8 Å². The van der Waals surface area contributed by atoms with E-state index in [1.54, 1.807) is 6.07 Å². The normalized spacial score (nSPS) is 10.3. The summed E-state index contributed by atoms with van der Waals surface area (Å²) >= 11 is 9.16. The molecule has 1 amide bonds. The average molecular weight is 383 g/mol. The molecular weight excluding hydrogens is 378 g/mol. The van der Waals surface area contributed by atoms with Crippen molar-refractivity contribution >= 4 is 57.3 Å². The van der Waals surface area contributed by atoms with E-state index in [2.05, 4.69) is 10.3 Å². The number of aromatic nitrogens is 1. The van der Waals surface area contributed by atoms with Crippen molar-refractivity contribution in [2.75, 3.05) is 5.32 Å². The van der Waals surface area contributed by atoms with Crippen LogP contribution in [0.2, 0.25) is 5.02 Å². The Balaban J connectivity index is 2.17. The van der Waals surface area contributed by atoms with E-state index in [4.69, 9.17) is 11.6 Å². The third kappa shape index (κ3) is 3.14. The molecule has 2 aromatic heterocycles. The maximum absolute atomic E-state index is 12.8. The average Bonchev–Trinajstić information content (AvgIpc) is 2.59. The predicted molar refractivity (Wildman–Crippen MR) is 74.2 cm³/mol. The fourth-order valence-electron chi connectivity index (χ4n) is 1.11. The van der Waals surface area contributed by atoms with Crippen molar-refractivity contribution in [3.8, 4) is 0 Å². The van der Waals surface area contributed by atoms with Crippen molar-refractivity contribution < 1.29 is 9.18 Å². The molecule has 0 fully saturated rings. The minimum atomic E-state index is -0.637. The van der Waals surface area contributed by atoms with Crippen LogP contribution in [0.3, 0.4) is 0 Å². The van der Waals surface area contributed by atoms with Gasteiger partial charge in [0, 0.05) is 0 Å². The Hall–Kier alpha value is -0.730. The maximum Gasteiger partial charge on any atom is 0.266 e. The number of carbonyl (C=O) groups is 1. The van der Waals surface area contributed by atoms with Gasteiger partial charge in [-0.2, -0.15) is 4.39 Å². The van der Waals surface area contributed by atoms with Gasteiger partial charge in [-0.3, -0.25) is 4.79 Å². The molecule has 2 rings (SSSR count). The number of halogens is 3. The van der Waals surface area contributed by atoms with E-state index in [0.29, 0.717) is 9.90 Å². The van der Waals surface area contributed by atoms with Crippen LogP contribution in [0.1, 0.15) is 9.67 Å². The molecule has 0 aliphatic carbocycles. The zero-order valence-electron chi connectivity index (χ0n) is 8.21. The zero-order chi connectivity index (χ0) is 12.4. The lowest BCUT2D eigenvalue weighted by molar-refractivity contribution is 0.103. The first-order valence-corrected chi connectivity index (χ1v) is 6.72. The van der Waals surface area contributed by atoms with Gasteiger partial charge in [-0.1, -0.05) is 17.7 Å². The Morgan fingerprint density at radius 3 is 2.88 bits per heavy atom. The number of rotatable bonds is 2. The zero-order valence-corrected chi connectivity index (χ0v) is 11.9. The molecule has 3 nitrogen and oxygen atoms in total. The number of pyridine rings is 1. The Kier molecular flexibility index (Phi) is 3.95. The molecule has 17 heavy (non-hydrogen) atoms. The van der Waals surface area contributed by atoms with Gasteiger partial charge in [-0.25, -0.2) is 4.98 Å². The molecule has 0 saturated heterocycles. The summed E-state index contributed by atoms with van der Waals surface area (Å²) in [6, 6.07) is 5.77. The van der Waals surface area contributed by atoms with Gasteiger partial charge in [0.25, 0.3) is 5.91 Å². The van der Waals surface area contributed by atoms with Crippen LogP contribution < -0.4 is 5.32 Å². The Morgan fingerprint density at radius 1 is 1.53 bits per heavy atom. The first-order valence-electron chi connectivity index (χ1n) is 4.45. The molecule has 0 spiro atoms. The summed E-state index contributed by atoms with van der Waals surface area (Å²) in [5, 5.41) is 3.03. The summed E-state index contributed by atoms with van der Waals surface area (Å²) < 4.78 is 13.6. The van der Waals surface area contributed by atoms with E-state index in [1.165, 1.54) is 29.5 Å². The number of hydrogen-bond acceptors (Lipinski definition) is 3. The highest BCUT2D eigenvalue weighted by atomic mass is 127. The summed E-state index contributed by atoms with van der Waals surface area (Å²) in [5.41, 5.74) is 0. The second-order valence-electron chi connectivity index (χ2n) is 3.03. The van der Waals surface area contributed by atoms with Crippen molar-refractivity contribution in [2.45, 2.75) is 0 Å². The molecule has 7 heteroatoms. The lowest BCUT2D eigenvalue weighted by Gasteiger charge is -2.01. The van der Waals surface area contributed by atoms with E-state index >= 15 is 0 Å². The van der Waals surface area contributed by atoms with Gasteiger partial charge < -0.3 is 5.32 Å². The van der Waals surface area contributed by atoms with Gasteiger partial charge in [-0.15, -0.1) is 11.3 Å². The van der Waals surface area contributed by atoms with Crippen molar-refractivity contribution in [3.05, 3.63) is 43.0 Å². The fourth-order valence-corrected chi connectivity index (χ4v) is 2.94. The number of nitrogens with zero attached hydrogens (tertiary/aromatic N) is 1. The SMILES string of the molecule is O=C(Nc1cccc(F)n1)c1cc(Cl)c(I)s1. The molecule has 0 aliphatic heterocycles. The monoisotopic (exact) mass is 382 g/mol. The Morgan fingerprint density at radius 2 is 2.29 bits per heavy atom. The third-order valence-electron chi connectivity index (χ3n) is 1.83. The van der Waals surface area contributed by atoms with Crippen molar-refractivity contribution in [3.63, 3.8) is 0 Å². The molecule has 0 saturated carbocycles. The fraction of sp³-hybridized carbons (Fsp3) is 0. The van der Waals surface area contributed by atoms with Crippen LogP contribution in [0.5, 0.6) is 0 Å². The van der Waals surface area contributed by atoms with E-state index in [9.17, 15) is 9.18 Å². The third-order valence-corrected chi connectivity index (χ3v) is 4.72. The Labute approximate surface area is 119 Å². The highest BCUT2D eigenvalue weighted by Gasteiger charge is 2.12. The predicted octanol–water partition coefficient (Wildman–Crippen LogP) is 3.79. The summed E-state index contributed by atoms with van der Waals surface area (Å²) in [5.74, 6) is -0.811. The summed E-state index contributed by atoms with van der Waals surface area (Å²) in [4.78, 5) is 15.8. The molecule has 0 bridgehead atoms. The van der Waals surface area contributed by atoms with E-state index < -0.39 is 5.95 Å². The summed E-state index contributed by atoms with van der Waals surface area (Å²) in [7, 11) is 0. The van der Waals surface area contributed by atoms with Crippen LogP contribution in [-0.4, -0.2) is 10.9 Å². The standard InChI is InChI=1S/C10H5ClFIN2OS/c11-5-4-6(17-9(5)13)10(16)15-8-3-1-2-7(12)14-8/h1-4H,(H,14,15,16). The molecular formula is C10H5ClFIN2OS. The summed E-state index contributed by atoms with van der Waals surface area (Å²) in [6.45, 7) is 0. The summed E-state index contributed by atoms with van der Waals surface area (Å²) in [6.07, 6.45) is 0. The molecule has 0 aliphatic rings. The van der Waals surface area contributed by atoms with Crippen LogP contribution in [0.15, 0.2) is 24.3 Å². The number of amides is 1. The number of hydrogen-bond donors (Lipinski definition) is 1. The van der Waals surface area contributed by atoms with Crippen molar-refractivity contribution in [2.24, 2.45) is 0 Å². The largest absolute Gasteiger partial charge is 0.306 e. The van der Waals surface area contributed by atoms with E-state index in [0.717, 1.165) is 2.88 Å². The van der Waals surface area contributed by atoms with Gasteiger partial charge in [0.2, 0.25) is 5.95 Å². The first kappa shape index (κ1) is 12.7. The van der Waals surface area contributed by atoms with Crippen LogP contribution in [0.25, 0.3) is 0 Å². The Bertz CT molecular complexity index is 556. The van der Waals surface area contributed by atoms with Gasteiger partial charge in [0.1, 0.15) is 5.82 Å². The van der Waals surface area contributed by atoms with E-state index in [1.807, 2.05) is 22.6 Å².